The van der Waals surface area contributed by atoms with Crippen LogP contribution in [0.1, 0.15) is 5.56 Å². The van der Waals surface area contributed by atoms with Crippen LogP contribution in [0.5, 0.6) is 0 Å². The van der Waals surface area contributed by atoms with Gasteiger partial charge in [-0.05, 0) is 17.7 Å². The molecular weight excluding hydrogens is 171 g/mol. The van der Waals surface area contributed by atoms with E-state index in [0.29, 0.717) is 6.54 Å². The number of nitrogens with two attached hydrogens (primary N) is 1. The van der Waals surface area contributed by atoms with Gasteiger partial charge in [-0.2, -0.15) is 0 Å². The molecule has 0 atom stereocenters. The highest BCUT2D eigenvalue weighted by atomic mass is 19.1. The van der Waals surface area contributed by atoms with Crippen LogP contribution in [0.25, 0.3) is 0 Å². The molecule has 0 aliphatic rings. The van der Waals surface area contributed by atoms with Gasteiger partial charge in [0.05, 0.1) is 0 Å². The van der Waals surface area contributed by atoms with Gasteiger partial charge in [0.25, 0.3) is 0 Å². The third kappa shape index (κ3) is 2.74. The number of urea groups is 1. The van der Waals surface area contributed by atoms with Crippen molar-refractivity contribution in [3.05, 3.63) is 35.6 Å². The van der Waals surface area contributed by atoms with Crippen LogP contribution >= 0.6 is 0 Å². The monoisotopic (exact) mass is 182 g/mol. The Morgan fingerprint density at radius 1 is 1.46 bits per heavy atom. The molecule has 0 heterocycles. The first kappa shape index (κ1) is 9.51. The van der Waals surface area contributed by atoms with Crippen molar-refractivity contribution in [2.75, 3.05) is 7.05 Å². The summed E-state index contributed by atoms with van der Waals surface area (Å²) in [5.41, 5.74) is 5.88. The number of carbonyl (C=O) groups excluding carboxylic acids is 1. The minimum atomic E-state index is -0.496. The van der Waals surface area contributed by atoms with E-state index in [1.165, 1.54) is 17.0 Å². The molecule has 70 valence electrons. The Kier molecular flexibility index (Phi) is 2.84. The second-order valence-corrected chi connectivity index (χ2v) is 2.82. The molecule has 0 bridgehead atoms. The standard InChI is InChI=1S/C9H11FN2O/c1-12(9(11)13)6-7-2-4-8(10)5-3-7/h2-5H,6H2,1H3,(H2,11,13). The molecular formula is C9H11FN2O. The number of hydrogen-bond acceptors (Lipinski definition) is 1. The van der Waals surface area contributed by atoms with Crippen molar-refractivity contribution < 1.29 is 9.18 Å². The summed E-state index contributed by atoms with van der Waals surface area (Å²) in [6, 6.07) is 5.45. The molecule has 0 aliphatic carbocycles. The zero-order valence-corrected chi connectivity index (χ0v) is 7.33. The molecule has 3 nitrogen and oxygen atoms in total. The number of primary amides is 1. The van der Waals surface area contributed by atoms with Gasteiger partial charge in [-0.15, -0.1) is 0 Å². The van der Waals surface area contributed by atoms with Crippen molar-refractivity contribution >= 4 is 6.03 Å². The van der Waals surface area contributed by atoms with E-state index in [4.69, 9.17) is 5.73 Å². The van der Waals surface area contributed by atoms with Gasteiger partial charge in [0, 0.05) is 13.6 Å². The number of carbonyl (C=O) groups is 1. The number of halogens is 1. The molecule has 13 heavy (non-hydrogen) atoms. The Balaban J connectivity index is 2.64. The van der Waals surface area contributed by atoms with E-state index in [0.717, 1.165) is 5.56 Å². The van der Waals surface area contributed by atoms with E-state index >= 15 is 0 Å². The molecule has 0 aliphatic heterocycles. The fourth-order valence-corrected chi connectivity index (χ4v) is 0.942. The smallest absolute Gasteiger partial charge is 0.314 e. The highest BCUT2D eigenvalue weighted by molar-refractivity contribution is 5.71. The molecule has 4 heteroatoms. The highest BCUT2D eigenvalue weighted by Crippen LogP contribution is 2.04. The number of nitrogens with zero attached hydrogens (tertiary/aromatic N) is 1. The number of benzene rings is 1. The number of hydrogen-bond donors (Lipinski definition) is 1. The molecule has 0 radical (unpaired) electrons. The van der Waals surface area contributed by atoms with Crippen molar-refractivity contribution in [2.24, 2.45) is 5.73 Å². The zero-order valence-electron chi connectivity index (χ0n) is 7.33. The van der Waals surface area contributed by atoms with Crippen molar-refractivity contribution in [1.29, 1.82) is 0 Å². The van der Waals surface area contributed by atoms with Crippen LogP contribution in [0, 0.1) is 5.82 Å². The SMILES string of the molecule is CN(Cc1ccc(F)cc1)C(N)=O. The van der Waals surface area contributed by atoms with Crippen LogP contribution in [0.15, 0.2) is 24.3 Å². The Hall–Kier alpha value is -1.58. The maximum absolute atomic E-state index is 12.5. The summed E-state index contributed by atoms with van der Waals surface area (Å²) < 4.78 is 12.5. The van der Waals surface area contributed by atoms with E-state index in [2.05, 4.69) is 0 Å². The van der Waals surface area contributed by atoms with Gasteiger partial charge in [0.2, 0.25) is 0 Å². The third-order valence-corrected chi connectivity index (χ3v) is 1.71. The summed E-state index contributed by atoms with van der Waals surface area (Å²) in [5, 5.41) is 0. The van der Waals surface area contributed by atoms with E-state index in [9.17, 15) is 9.18 Å². The molecule has 0 fully saturated rings. The van der Waals surface area contributed by atoms with Gasteiger partial charge >= 0.3 is 6.03 Å². The second kappa shape index (κ2) is 3.89. The van der Waals surface area contributed by atoms with E-state index in [1.807, 2.05) is 0 Å². The van der Waals surface area contributed by atoms with Crippen molar-refractivity contribution in [3.8, 4) is 0 Å². The van der Waals surface area contributed by atoms with Gasteiger partial charge in [-0.25, -0.2) is 9.18 Å². The normalized spacial score (nSPS) is 9.69. The van der Waals surface area contributed by atoms with Gasteiger partial charge in [-0.3, -0.25) is 0 Å². The third-order valence-electron chi connectivity index (χ3n) is 1.71. The van der Waals surface area contributed by atoms with Crippen LogP contribution < -0.4 is 5.73 Å². The first-order valence-corrected chi connectivity index (χ1v) is 3.84. The van der Waals surface area contributed by atoms with Crippen molar-refractivity contribution in [2.45, 2.75) is 6.54 Å². The second-order valence-electron chi connectivity index (χ2n) is 2.82. The lowest BCUT2D eigenvalue weighted by molar-refractivity contribution is 0.216. The first-order valence-electron chi connectivity index (χ1n) is 3.84. The predicted molar refractivity (Wildman–Crippen MR) is 47.5 cm³/mol. The molecule has 0 unspecified atom stereocenters. The minimum absolute atomic E-state index is 0.287. The lowest BCUT2D eigenvalue weighted by Gasteiger charge is -2.13. The average molecular weight is 182 g/mol. The maximum atomic E-state index is 12.5. The molecule has 0 spiro atoms. The highest BCUT2D eigenvalue weighted by Gasteiger charge is 2.03. The van der Waals surface area contributed by atoms with E-state index < -0.39 is 6.03 Å². The molecule has 2 N–H and O–H groups in total. The average Bonchev–Trinajstić information content (AvgIpc) is 2.08. The van der Waals surface area contributed by atoms with Crippen molar-refractivity contribution in [1.82, 2.24) is 4.90 Å². The molecule has 0 aromatic heterocycles. The lowest BCUT2D eigenvalue weighted by atomic mass is 10.2. The van der Waals surface area contributed by atoms with Crippen LogP contribution in [0.3, 0.4) is 0 Å². The Bertz CT molecular complexity index is 297. The molecule has 1 rings (SSSR count). The summed E-state index contributed by atoms with van der Waals surface area (Å²) in [4.78, 5) is 12.0. The van der Waals surface area contributed by atoms with E-state index in [-0.39, 0.29) is 5.82 Å². The van der Waals surface area contributed by atoms with Gasteiger partial charge in [0.1, 0.15) is 5.82 Å². The van der Waals surface area contributed by atoms with Crippen LogP contribution in [0.2, 0.25) is 0 Å². The summed E-state index contributed by atoms with van der Waals surface area (Å²) >= 11 is 0. The Labute approximate surface area is 76.0 Å². The largest absolute Gasteiger partial charge is 0.351 e. The van der Waals surface area contributed by atoms with Crippen LogP contribution in [0.4, 0.5) is 9.18 Å². The van der Waals surface area contributed by atoms with Gasteiger partial charge < -0.3 is 10.6 Å². The fraction of sp³-hybridized carbons (Fsp3) is 0.222. The topological polar surface area (TPSA) is 46.3 Å². The minimum Gasteiger partial charge on any atom is -0.351 e. The predicted octanol–water partition coefficient (Wildman–Crippen LogP) is 1.34. The number of amides is 2. The van der Waals surface area contributed by atoms with Gasteiger partial charge in [-0.1, -0.05) is 12.1 Å². The number of rotatable bonds is 2. The summed E-state index contributed by atoms with van der Waals surface area (Å²) in [5.74, 6) is -0.287. The fourth-order valence-electron chi connectivity index (χ4n) is 0.942. The molecule has 1 aromatic carbocycles. The quantitative estimate of drug-likeness (QED) is 0.737. The molecule has 2 amide bonds. The maximum Gasteiger partial charge on any atom is 0.314 e. The summed E-state index contributed by atoms with van der Waals surface area (Å²) in [7, 11) is 1.59. The lowest BCUT2D eigenvalue weighted by Crippen LogP contribution is -2.31. The Morgan fingerprint density at radius 2 is 2.00 bits per heavy atom. The first-order chi connectivity index (χ1) is 6.09. The van der Waals surface area contributed by atoms with Crippen molar-refractivity contribution in [3.63, 3.8) is 0 Å². The zero-order chi connectivity index (χ0) is 9.84. The van der Waals surface area contributed by atoms with Crippen LogP contribution in [-0.2, 0) is 6.54 Å². The summed E-state index contributed by atoms with van der Waals surface area (Å²) in [6.45, 7) is 0.398. The van der Waals surface area contributed by atoms with Crippen LogP contribution in [-0.4, -0.2) is 18.0 Å². The van der Waals surface area contributed by atoms with E-state index in [1.54, 1.807) is 19.2 Å². The van der Waals surface area contributed by atoms with Gasteiger partial charge in [0.15, 0.2) is 0 Å². The molecule has 0 saturated carbocycles. The summed E-state index contributed by atoms with van der Waals surface area (Å²) in [6.07, 6.45) is 0. The molecule has 0 saturated heterocycles. The Morgan fingerprint density at radius 3 is 2.46 bits per heavy atom. The molecule has 1 aromatic rings.